The Kier molecular flexibility index (Phi) is 6.51. The third kappa shape index (κ3) is 4.88. The number of rotatable bonds is 8. The van der Waals surface area contributed by atoms with E-state index in [9.17, 15) is 9.59 Å². The van der Waals surface area contributed by atoms with Crippen LogP contribution in [0.2, 0.25) is 0 Å². The van der Waals surface area contributed by atoms with Crippen LogP contribution in [0.3, 0.4) is 0 Å². The van der Waals surface area contributed by atoms with Gasteiger partial charge in [0, 0.05) is 13.7 Å². The number of aromatic nitrogens is 1. The van der Waals surface area contributed by atoms with E-state index in [-0.39, 0.29) is 24.2 Å². The van der Waals surface area contributed by atoms with Gasteiger partial charge in [0.2, 0.25) is 5.91 Å². The normalized spacial score (nSPS) is 11.8. The molecule has 2 N–H and O–H groups in total. The summed E-state index contributed by atoms with van der Waals surface area (Å²) in [6, 6.07) is -0.469. The number of nitrogens with zero attached hydrogens (tertiary/aromatic N) is 1. The van der Waals surface area contributed by atoms with Gasteiger partial charge in [-0.2, -0.15) is 4.98 Å². The minimum absolute atomic E-state index is 0.0568. The second-order valence-electron chi connectivity index (χ2n) is 3.91. The topological polar surface area (TPSA) is 103 Å². The van der Waals surface area contributed by atoms with Gasteiger partial charge in [0.15, 0.2) is 5.69 Å². The maximum Gasteiger partial charge on any atom is 0.360 e. The molecule has 0 fully saturated rings. The Morgan fingerprint density at radius 1 is 1.50 bits per heavy atom. The summed E-state index contributed by atoms with van der Waals surface area (Å²) >= 11 is 0. The molecule has 0 aliphatic rings. The van der Waals surface area contributed by atoms with Gasteiger partial charge >= 0.3 is 5.97 Å². The van der Waals surface area contributed by atoms with Crippen molar-refractivity contribution in [2.75, 3.05) is 32.2 Å². The summed E-state index contributed by atoms with van der Waals surface area (Å²) < 4.78 is 14.7. The second kappa shape index (κ2) is 8.16. The SMILES string of the molecule is CCOC(=O)c1coc(NC(C)C(=O)NCCOC)n1. The Bertz CT molecular complexity index is 446. The molecule has 1 amide bonds. The highest BCUT2D eigenvalue weighted by Crippen LogP contribution is 2.09. The summed E-state index contributed by atoms with van der Waals surface area (Å²) in [6.45, 7) is 4.46. The van der Waals surface area contributed by atoms with Crippen LogP contribution in [-0.2, 0) is 14.3 Å². The minimum atomic E-state index is -0.568. The lowest BCUT2D eigenvalue weighted by Crippen LogP contribution is -2.39. The zero-order valence-electron chi connectivity index (χ0n) is 11.8. The van der Waals surface area contributed by atoms with E-state index in [1.807, 2.05) is 0 Å². The lowest BCUT2D eigenvalue weighted by atomic mass is 10.3. The Labute approximate surface area is 116 Å². The number of ether oxygens (including phenoxy) is 2. The number of anilines is 1. The smallest absolute Gasteiger partial charge is 0.360 e. The molecule has 20 heavy (non-hydrogen) atoms. The molecule has 8 nitrogen and oxygen atoms in total. The summed E-state index contributed by atoms with van der Waals surface area (Å²) in [5.41, 5.74) is 0.0568. The molecule has 0 aromatic carbocycles. The average molecular weight is 285 g/mol. The molecule has 0 aliphatic carbocycles. The van der Waals surface area contributed by atoms with E-state index in [1.165, 1.54) is 6.26 Å². The van der Waals surface area contributed by atoms with E-state index < -0.39 is 12.0 Å². The van der Waals surface area contributed by atoms with Crippen molar-refractivity contribution in [3.8, 4) is 0 Å². The van der Waals surface area contributed by atoms with Gasteiger partial charge in [-0.05, 0) is 13.8 Å². The van der Waals surface area contributed by atoms with Crippen molar-refractivity contribution in [2.45, 2.75) is 19.9 Å². The summed E-state index contributed by atoms with van der Waals surface area (Å²) in [7, 11) is 1.55. The molecule has 0 aliphatic heterocycles. The molecule has 1 aromatic heterocycles. The number of carbonyl (C=O) groups is 2. The van der Waals surface area contributed by atoms with Gasteiger partial charge < -0.3 is 24.5 Å². The Morgan fingerprint density at radius 3 is 2.90 bits per heavy atom. The van der Waals surface area contributed by atoms with Crippen LogP contribution in [-0.4, -0.2) is 49.8 Å². The van der Waals surface area contributed by atoms with Crippen molar-refractivity contribution in [1.29, 1.82) is 0 Å². The summed E-state index contributed by atoms with van der Waals surface area (Å²) in [4.78, 5) is 27.0. The first-order valence-electron chi connectivity index (χ1n) is 6.24. The predicted molar refractivity (Wildman–Crippen MR) is 70.4 cm³/mol. The van der Waals surface area contributed by atoms with E-state index in [0.717, 1.165) is 0 Å². The Balaban J connectivity index is 2.47. The fraction of sp³-hybridized carbons (Fsp3) is 0.583. The van der Waals surface area contributed by atoms with Gasteiger partial charge in [0.05, 0.1) is 13.2 Å². The van der Waals surface area contributed by atoms with E-state index in [4.69, 9.17) is 13.9 Å². The summed E-state index contributed by atoms with van der Waals surface area (Å²) in [5.74, 6) is -0.792. The largest absolute Gasteiger partial charge is 0.461 e. The van der Waals surface area contributed by atoms with Gasteiger partial charge in [-0.3, -0.25) is 4.79 Å². The first-order valence-corrected chi connectivity index (χ1v) is 6.24. The van der Waals surface area contributed by atoms with Crippen molar-refractivity contribution >= 4 is 17.9 Å². The average Bonchev–Trinajstić information content (AvgIpc) is 2.87. The molecule has 1 rings (SSSR count). The van der Waals surface area contributed by atoms with Gasteiger partial charge in [-0.1, -0.05) is 0 Å². The number of oxazole rings is 1. The zero-order chi connectivity index (χ0) is 15.0. The monoisotopic (exact) mass is 285 g/mol. The minimum Gasteiger partial charge on any atom is -0.461 e. The molecule has 0 radical (unpaired) electrons. The van der Waals surface area contributed by atoms with Crippen LogP contribution in [0.4, 0.5) is 6.01 Å². The van der Waals surface area contributed by atoms with E-state index >= 15 is 0 Å². The van der Waals surface area contributed by atoms with Crippen LogP contribution in [0.25, 0.3) is 0 Å². The summed E-state index contributed by atoms with van der Waals surface area (Å²) in [6.07, 6.45) is 1.18. The fourth-order valence-corrected chi connectivity index (χ4v) is 1.32. The highest BCUT2D eigenvalue weighted by Gasteiger charge is 2.17. The first kappa shape index (κ1) is 16.0. The molecule has 1 atom stereocenters. The lowest BCUT2D eigenvalue weighted by Gasteiger charge is -2.12. The molecule has 8 heteroatoms. The van der Waals surface area contributed by atoms with Crippen LogP contribution in [0.1, 0.15) is 24.3 Å². The number of nitrogens with one attached hydrogen (secondary N) is 2. The van der Waals surface area contributed by atoms with Crippen molar-refractivity contribution in [2.24, 2.45) is 0 Å². The molecule has 1 heterocycles. The number of methoxy groups -OCH3 is 1. The molecule has 0 spiro atoms. The van der Waals surface area contributed by atoms with E-state index in [1.54, 1.807) is 21.0 Å². The quantitative estimate of drug-likeness (QED) is 0.527. The maximum absolute atomic E-state index is 11.7. The van der Waals surface area contributed by atoms with Crippen LogP contribution >= 0.6 is 0 Å². The standard InChI is InChI=1S/C12H19N3O5/c1-4-19-11(17)9-7-20-12(15-9)14-8(2)10(16)13-5-6-18-3/h7-8H,4-6H2,1-3H3,(H,13,16)(H,14,15). The third-order valence-corrected chi connectivity index (χ3v) is 2.33. The second-order valence-corrected chi connectivity index (χ2v) is 3.91. The van der Waals surface area contributed by atoms with E-state index in [2.05, 4.69) is 15.6 Å². The van der Waals surface area contributed by atoms with Gasteiger partial charge in [0.25, 0.3) is 6.01 Å². The van der Waals surface area contributed by atoms with Gasteiger partial charge in [0.1, 0.15) is 12.3 Å². The highest BCUT2D eigenvalue weighted by molar-refractivity contribution is 5.87. The molecule has 1 aromatic rings. The number of hydrogen-bond acceptors (Lipinski definition) is 7. The van der Waals surface area contributed by atoms with E-state index in [0.29, 0.717) is 13.2 Å². The third-order valence-electron chi connectivity index (χ3n) is 2.33. The Morgan fingerprint density at radius 2 is 2.25 bits per heavy atom. The van der Waals surface area contributed by atoms with Gasteiger partial charge in [-0.15, -0.1) is 0 Å². The molecular weight excluding hydrogens is 266 g/mol. The molecule has 0 saturated heterocycles. The fourth-order valence-electron chi connectivity index (χ4n) is 1.32. The van der Waals surface area contributed by atoms with Crippen molar-refractivity contribution in [3.63, 3.8) is 0 Å². The van der Waals surface area contributed by atoms with Crippen molar-refractivity contribution in [1.82, 2.24) is 10.3 Å². The molecule has 0 bridgehead atoms. The predicted octanol–water partition coefficient (Wildman–Crippen LogP) is 0.414. The number of amides is 1. The molecule has 1 unspecified atom stereocenters. The van der Waals surface area contributed by atoms with Crippen molar-refractivity contribution < 1.29 is 23.5 Å². The number of hydrogen-bond donors (Lipinski definition) is 2. The number of esters is 1. The first-order chi connectivity index (χ1) is 9.58. The van der Waals surface area contributed by atoms with Crippen molar-refractivity contribution in [3.05, 3.63) is 12.0 Å². The molecular formula is C12H19N3O5. The summed E-state index contributed by atoms with van der Waals surface area (Å²) in [5, 5.41) is 5.41. The maximum atomic E-state index is 11.7. The van der Waals surface area contributed by atoms with Crippen LogP contribution in [0.15, 0.2) is 10.7 Å². The van der Waals surface area contributed by atoms with Crippen LogP contribution < -0.4 is 10.6 Å². The number of carbonyl (C=O) groups excluding carboxylic acids is 2. The zero-order valence-corrected chi connectivity index (χ0v) is 11.8. The van der Waals surface area contributed by atoms with Crippen LogP contribution in [0, 0.1) is 0 Å². The Hall–Kier alpha value is -2.09. The lowest BCUT2D eigenvalue weighted by molar-refractivity contribution is -0.121. The van der Waals surface area contributed by atoms with Crippen LogP contribution in [0.5, 0.6) is 0 Å². The molecule has 112 valence electrons. The highest BCUT2D eigenvalue weighted by atomic mass is 16.5. The molecule has 0 saturated carbocycles. The van der Waals surface area contributed by atoms with Gasteiger partial charge in [-0.25, -0.2) is 4.79 Å².